The summed E-state index contributed by atoms with van der Waals surface area (Å²) in [5.74, 6) is 1.22. The lowest BCUT2D eigenvalue weighted by Gasteiger charge is -2.16. The minimum absolute atomic E-state index is 0.202. The van der Waals surface area contributed by atoms with Gasteiger partial charge in [-0.2, -0.15) is 0 Å². The maximum atomic E-state index is 5.91. The van der Waals surface area contributed by atoms with Crippen molar-refractivity contribution in [1.82, 2.24) is 10.1 Å². The second-order valence-electron chi connectivity index (χ2n) is 4.53. The Morgan fingerprint density at radius 3 is 3.06 bits per heavy atom. The molecule has 1 saturated heterocycles. The van der Waals surface area contributed by atoms with Crippen molar-refractivity contribution < 1.29 is 4.52 Å². The van der Waals surface area contributed by atoms with Crippen LogP contribution in [0.15, 0.2) is 10.6 Å². The molecule has 0 bridgehead atoms. The molecule has 1 aliphatic heterocycles. The molecule has 90 valence electrons. The lowest BCUT2D eigenvalue weighted by atomic mass is 10.2. The Morgan fingerprint density at radius 1 is 1.53 bits per heavy atom. The fourth-order valence-corrected chi connectivity index (χ4v) is 2.26. The number of hydrogen-bond acceptors (Lipinski definition) is 6. The van der Waals surface area contributed by atoms with Gasteiger partial charge in [0.1, 0.15) is 0 Å². The van der Waals surface area contributed by atoms with Crippen molar-refractivity contribution in [3.8, 4) is 0 Å². The van der Waals surface area contributed by atoms with Gasteiger partial charge in [0.15, 0.2) is 11.6 Å². The molecule has 1 aliphatic rings. The highest BCUT2D eigenvalue weighted by molar-refractivity contribution is 5.94. The average Bonchev–Trinajstić information content (AvgIpc) is 2.86. The molecular weight excluding hydrogens is 218 g/mol. The maximum absolute atomic E-state index is 5.91. The third-order valence-electron chi connectivity index (χ3n) is 3.12. The van der Waals surface area contributed by atoms with Crippen LogP contribution in [0.1, 0.15) is 12.1 Å². The van der Waals surface area contributed by atoms with Crippen molar-refractivity contribution in [2.45, 2.75) is 19.4 Å². The molecule has 1 atom stereocenters. The van der Waals surface area contributed by atoms with Crippen molar-refractivity contribution in [2.24, 2.45) is 5.73 Å². The molecule has 3 rings (SSSR count). The van der Waals surface area contributed by atoms with Gasteiger partial charge in [-0.25, -0.2) is 4.98 Å². The number of nitrogens with two attached hydrogens (primary N) is 2. The molecule has 0 spiro atoms. The number of aryl methyl sites for hydroxylation is 1. The van der Waals surface area contributed by atoms with Crippen LogP contribution in [0.5, 0.6) is 0 Å². The zero-order valence-corrected chi connectivity index (χ0v) is 9.68. The number of aromatic nitrogens is 2. The molecule has 0 unspecified atom stereocenters. The zero-order valence-electron chi connectivity index (χ0n) is 9.68. The first-order chi connectivity index (χ1) is 8.15. The third-order valence-corrected chi connectivity index (χ3v) is 3.12. The molecule has 0 radical (unpaired) electrons. The molecule has 4 N–H and O–H groups in total. The van der Waals surface area contributed by atoms with Crippen LogP contribution in [-0.2, 0) is 0 Å². The van der Waals surface area contributed by atoms with E-state index in [4.69, 9.17) is 16.0 Å². The van der Waals surface area contributed by atoms with Gasteiger partial charge in [-0.15, -0.1) is 0 Å². The Kier molecular flexibility index (Phi) is 2.19. The summed E-state index contributed by atoms with van der Waals surface area (Å²) in [6.07, 6.45) is 0.973. The fraction of sp³-hybridized carbons (Fsp3) is 0.455. The van der Waals surface area contributed by atoms with E-state index in [2.05, 4.69) is 15.0 Å². The summed E-state index contributed by atoms with van der Waals surface area (Å²) in [7, 11) is 0. The second-order valence-corrected chi connectivity index (χ2v) is 4.53. The van der Waals surface area contributed by atoms with E-state index >= 15 is 0 Å². The second kappa shape index (κ2) is 3.59. The minimum Gasteiger partial charge on any atom is -0.380 e. The lowest BCUT2D eigenvalue weighted by Crippen LogP contribution is -2.27. The first-order valence-electron chi connectivity index (χ1n) is 5.68. The molecule has 6 nitrogen and oxygen atoms in total. The number of hydrogen-bond donors (Lipinski definition) is 2. The summed E-state index contributed by atoms with van der Waals surface area (Å²) in [6.45, 7) is 3.63. The first kappa shape index (κ1) is 10.3. The Balaban J connectivity index is 2.15. The van der Waals surface area contributed by atoms with Crippen LogP contribution in [-0.4, -0.2) is 29.3 Å². The van der Waals surface area contributed by atoms with Crippen molar-refractivity contribution in [3.05, 3.63) is 11.8 Å². The predicted molar refractivity (Wildman–Crippen MR) is 65.8 cm³/mol. The van der Waals surface area contributed by atoms with Crippen LogP contribution in [0.25, 0.3) is 11.0 Å². The Labute approximate surface area is 98.6 Å². The van der Waals surface area contributed by atoms with Crippen molar-refractivity contribution in [1.29, 1.82) is 0 Å². The zero-order chi connectivity index (χ0) is 12.0. The number of anilines is 2. The Morgan fingerprint density at radius 2 is 2.35 bits per heavy atom. The van der Waals surface area contributed by atoms with E-state index in [1.54, 1.807) is 0 Å². The molecule has 0 aromatic carbocycles. The highest BCUT2D eigenvalue weighted by Crippen LogP contribution is 2.30. The fourth-order valence-electron chi connectivity index (χ4n) is 2.26. The van der Waals surface area contributed by atoms with Crippen molar-refractivity contribution >= 4 is 22.6 Å². The molecule has 0 saturated carbocycles. The van der Waals surface area contributed by atoms with Crippen molar-refractivity contribution in [2.75, 3.05) is 23.7 Å². The number of rotatable bonds is 1. The molecule has 2 aromatic heterocycles. The number of pyridine rings is 1. The number of nitrogen functional groups attached to an aromatic ring is 1. The van der Waals surface area contributed by atoms with Crippen LogP contribution in [0, 0.1) is 6.92 Å². The highest BCUT2D eigenvalue weighted by Gasteiger charge is 2.24. The Bertz CT molecular complexity index is 564. The molecule has 0 amide bonds. The summed E-state index contributed by atoms with van der Waals surface area (Å²) in [5.41, 5.74) is 13.2. The van der Waals surface area contributed by atoms with Gasteiger partial charge < -0.3 is 20.9 Å². The van der Waals surface area contributed by atoms with Crippen LogP contribution >= 0.6 is 0 Å². The predicted octanol–water partition coefficient (Wildman–Crippen LogP) is 0.651. The molecule has 1 fully saturated rings. The first-order valence-corrected chi connectivity index (χ1v) is 5.68. The largest absolute Gasteiger partial charge is 0.380 e. The van der Waals surface area contributed by atoms with Gasteiger partial charge in [-0.1, -0.05) is 5.16 Å². The van der Waals surface area contributed by atoms with E-state index in [9.17, 15) is 0 Å². The summed E-state index contributed by atoms with van der Waals surface area (Å²) in [4.78, 5) is 6.64. The van der Waals surface area contributed by atoms with Gasteiger partial charge in [0.2, 0.25) is 5.58 Å². The summed E-state index contributed by atoms with van der Waals surface area (Å²) < 4.78 is 5.26. The molecule has 17 heavy (non-hydrogen) atoms. The number of nitrogens with zero attached hydrogens (tertiary/aromatic N) is 3. The molecule has 0 aliphatic carbocycles. The lowest BCUT2D eigenvalue weighted by molar-refractivity contribution is 0.459. The van der Waals surface area contributed by atoms with Crippen LogP contribution in [0.4, 0.5) is 11.6 Å². The number of fused-ring (bicyclic) bond motifs is 1. The smallest absolute Gasteiger partial charge is 0.211 e. The van der Waals surface area contributed by atoms with Gasteiger partial charge in [-0.3, -0.25) is 0 Å². The van der Waals surface area contributed by atoms with Gasteiger partial charge >= 0.3 is 0 Å². The minimum atomic E-state index is 0.202. The van der Waals surface area contributed by atoms with Gasteiger partial charge in [0.05, 0.1) is 5.39 Å². The average molecular weight is 233 g/mol. The highest BCUT2D eigenvalue weighted by atomic mass is 16.5. The van der Waals surface area contributed by atoms with E-state index in [-0.39, 0.29) is 6.04 Å². The van der Waals surface area contributed by atoms with Gasteiger partial charge in [0.25, 0.3) is 0 Å². The van der Waals surface area contributed by atoms with E-state index in [1.807, 2.05) is 13.0 Å². The third kappa shape index (κ3) is 1.61. The molecular formula is C11H15N5O. The van der Waals surface area contributed by atoms with Crippen LogP contribution in [0.3, 0.4) is 0 Å². The van der Waals surface area contributed by atoms with E-state index in [0.29, 0.717) is 11.4 Å². The summed E-state index contributed by atoms with van der Waals surface area (Å²) in [6, 6.07) is 2.09. The maximum Gasteiger partial charge on any atom is 0.211 e. The molecule has 2 aromatic rings. The Hall–Kier alpha value is -1.82. The normalized spacial score (nSPS) is 20.4. The van der Waals surface area contributed by atoms with Gasteiger partial charge in [0, 0.05) is 24.8 Å². The summed E-state index contributed by atoms with van der Waals surface area (Å²) in [5, 5.41) is 4.62. The van der Waals surface area contributed by atoms with Crippen LogP contribution < -0.4 is 16.4 Å². The quantitative estimate of drug-likeness (QED) is 0.751. The van der Waals surface area contributed by atoms with E-state index < -0.39 is 0 Å². The van der Waals surface area contributed by atoms with Crippen molar-refractivity contribution in [3.63, 3.8) is 0 Å². The van der Waals surface area contributed by atoms with Gasteiger partial charge in [-0.05, 0) is 19.4 Å². The monoisotopic (exact) mass is 233 g/mol. The van der Waals surface area contributed by atoms with E-state index in [0.717, 1.165) is 36.4 Å². The molecule has 3 heterocycles. The SMILES string of the molecule is Cc1cc2c(N)noc2c(N2CC[C@@H](N)C2)n1. The topological polar surface area (TPSA) is 94.2 Å². The summed E-state index contributed by atoms with van der Waals surface area (Å²) >= 11 is 0. The van der Waals surface area contributed by atoms with E-state index in [1.165, 1.54) is 0 Å². The standard InChI is InChI=1S/C11H15N5O/c1-6-4-8-9(17-15-10(8)13)11(14-6)16-3-2-7(12)5-16/h4,7H,2-3,5,12H2,1H3,(H2,13,15)/t7-/m1/s1. The van der Waals surface area contributed by atoms with Crippen LogP contribution in [0.2, 0.25) is 0 Å². The molecule has 6 heteroatoms.